The molecule has 0 aliphatic rings. The fraction of sp³-hybridized carbons (Fsp3) is 0.273. The summed E-state index contributed by atoms with van der Waals surface area (Å²) in [6.45, 7) is 5.67. The maximum absolute atomic E-state index is 12.3. The van der Waals surface area contributed by atoms with Crippen LogP contribution in [0.5, 0.6) is 5.75 Å². The Kier molecular flexibility index (Phi) is 6.56. The molecule has 1 aromatic heterocycles. The van der Waals surface area contributed by atoms with Gasteiger partial charge in [-0.25, -0.2) is 8.42 Å². The summed E-state index contributed by atoms with van der Waals surface area (Å²) in [5.41, 5.74) is 3.12. The summed E-state index contributed by atoms with van der Waals surface area (Å²) in [5, 5.41) is 6.68. The largest absolute Gasteiger partial charge is 0.489 e. The van der Waals surface area contributed by atoms with Crippen LogP contribution in [0.15, 0.2) is 57.9 Å². The Morgan fingerprint density at radius 3 is 2.30 bits per heavy atom. The maximum Gasteiger partial charge on any atom is 0.228 e. The van der Waals surface area contributed by atoms with Crippen LogP contribution in [0, 0.1) is 13.8 Å². The van der Waals surface area contributed by atoms with Gasteiger partial charge in [-0.3, -0.25) is 4.79 Å². The highest BCUT2D eigenvalue weighted by Gasteiger charge is 2.12. The van der Waals surface area contributed by atoms with Crippen molar-refractivity contribution in [2.24, 2.45) is 0 Å². The molecular weight excluding hydrogens is 404 g/mol. The minimum absolute atomic E-state index is 0.0383. The fourth-order valence-electron chi connectivity index (χ4n) is 2.87. The minimum atomic E-state index is -3.25. The molecule has 0 bridgehead atoms. The highest BCUT2D eigenvalue weighted by molar-refractivity contribution is 7.91. The summed E-state index contributed by atoms with van der Waals surface area (Å²) in [7, 11) is -3.25. The lowest BCUT2D eigenvalue weighted by atomic mass is 10.1. The van der Waals surface area contributed by atoms with E-state index in [9.17, 15) is 13.2 Å². The molecule has 0 saturated heterocycles. The van der Waals surface area contributed by atoms with Crippen molar-refractivity contribution in [2.75, 3.05) is 11.1 Å². The Balaban J connectivity index is 1.54. The SMILES string of the molecule is CCS(=O)(=O)c1ccc(NC(=O)Cc2ccc(OCc3c(C)noc3C)cc2)cc1. The van der Waals surface area contributed by atoms with Gasteiger partial charge in [-0.1, -0.05) is 24.2 Å². The van der Waals surface area contributed by atoms with Crippen molar-refractivity contribution >= 4 is 21.4 Å². The van der Waals surface area contributed by atoms with Crippen molar-refractivity contribution in [3.63, 3.8) is 0 Å². The number of carbonyl (C=O) groups is 1. The van der Waals surface area contributed by atoms with Crippen molar-refractivity contribution in [1.82, 2.24) is 5.16 Å². The van der Waals surface area contributed by atoms with Gasteiger partial charge in [0.25, 0.3) is 0 Å². The molecule has 3 rings (SSSR count). The van der Waals surface area contributed by atoms with Crippen LogP contribution in [0.3, 0.4) is 0 Å². The molecule has 7 nitrogen and oxygen atoms in total. The Hall–Kier alpha value is -3.13. The monoisotopic (exact) mass is 428 g/mol. The zero-order valence-electron chi connectivity index (χ0n) is 17.1. The first-order chi connectivity index (χ1) is 14.3. The van der Waals surface area contributed by atoms with E-state index in [0.29, 0.717) is 18.0 Å². The van der Waals surface area contributed by atoms with Crippen LogP contribution in [0.1, 0.15) is 29.5 Å². The van der Waals surface area contributed by atoms with E-state index in [0.717, 1.165) is 22.6 Å². The number of carbonyl (C=O) groups excluding carboxylic acids is 1. The van der Waals surface area contributed by atoms with Gasteiger partial charge in [-0.2, -0.15) is 0 Å². The first kappa shape index (κ1) is 21.6. The molecule has 1 N–H and O–H groups in total. The standard InChI is InChI=1S/C22H24N2O5S/c1-4-30(26,27)20-11-7-18(8-12-20)23-22(25)13-17-5-9-19(10-6-17)28-14-21-15(2)24-29-16(21)3/h5-12H,4,13-14H2,1-3H3,(H,23,25). The summed E-state index contributed by atoms with van der Waals surface area (Å²) in [6, 6.07) is 13.5. The number of aromatic nitrogens is 1. The van der Waals surface area contributed by atoms with E-state index >= 15 is 0 Å². The third-order valence-electron chi connectivity index (χ3n) is 4.73. The van der Waals surface area contributed by atoms with Gasteiger partial charge in [0, 0.05) is 5.69 Å². The van der Waals surface area contributed by atoms with Crippen LogP contribution in [-0.4, -0.2) is 25.2 Å². The molecule has 3 aromatic rings. The van der Waals surface area contributed by atoms with Crippen LogP contribution < -0.4 is 10.1 Å². The minimum Gasteiger partial charge on any atom is -0.489 e. The van der Waals surface area contributed by atoms with Crippen molar-refractivity contribution in [3.05, 3.63) is 71.1 Å². The van der Waals surface area contributed by atoms with Crippen molar-refractivity contribution < 1.29 is 22.5 Å². The van der Waals surface area contributed by atoms with Crippen molar-refractivity contribution in [2.45, 2.75) is 38.7 Å². The Morgan fingerprint density at radius 1 is 1.07 bits per heavy atom. The molecular formula is C22H24N2O5S. The quantitative estimate of drug-likeness (QED) is 0.585. The fourth-order valence-corrected chi connectivity index (χ4v) is 3.75. The number of sulfone groups is 1. The third-order valence-corrected chi connectivity index (χ3v) is 6.48. The second kappa shape index (κ2) is 9.13. The number of hydrogen-bond donors (Lipinski definition) is 1. The van der Waals surface area contributed by atoms with E-state index in [1.807, 2.05) is 38.1 Å². The number of anilines is 1. The third kappa shape index (κ3) is 5.27. The lowest BCUT2D eigenvalue weighted by Gasteiger charge is -2.08. The summed E-state index contributed by atoms with van der Waals surface area (Å²) < 4.78 is 34.6. The van der Waals surface area contributed by atoms with E-state index in [2.05, 4.69) is 10.5 Å². The zero-order valence-corrected chi connectivity index (χ0v) is 18.0. The summed E-state index contributed by atoms with van der Waals surface area (Å²) in [4.78, 5) is 12.5. The number of amides is 1. The Morgan fingerprint density at radius 2 is 1.73 bits per heavy atom. The van der Waals surface area contributed by atoms with Crippen LogP contribution >= 0.6 is 0 Å². The molecule has 8 heteroatoms. The average Bonchev–Trinajstić information content (AvgIpc) is 3.05. The molecule has 0 unspecified atom stereocenters. The van der Waals surface area contributed by atoms with Crippen molar-refractivity contribution in [1.29, 1.82) is 0 Å². The first-order valence-electron chi connectivity index (χ1n) is 9.54. The van der Waals surface area contributed by atoms with Crippen LogP contribution in [0.2, 0.25) is 0 Å². The van der Waals surface area contributed by atoms with E-state index in [-0.39, 0.29) is 23.0 Å². The normalized spacial score (nSPS) is 11.3. The number of ether oxygens (including phenoxy) is 1. The summed E-state index contributed by atoms with van der Waals surface area (Å²) in [6.07, 6.45) is 0.194. The van der Waals surface area contributed by atoms with Gasteiger partial charge in [0.1, 0.15) is 18.1 Å². The predicted octanol–water partition coefficient (Wildman–Crippen LogP) is 3.85. The van der Waals surface area contributed by atoms with E-state index in [1.165, 1.54) is 12.1 Å². The smallest absolute Gasteiger partial charge is 0.228 e. The lowest BCUT2D eigenvalue weighted by molar-refractivity contribution is -0.115. The summed E-state index contributed by atoms with van der Waals surface area (Å²) in [5.74, 6) is 1.27. The van der Waals surface area contributed by atoms with Crippen molar-refractivity contribution in [3.8, 4) is 5.75 Å². The molecule has 0 saturated carbocycles. The van der Waals surface area contributed by atoms with Gasteiger partial charge in [0.15, 0.2) is 9.84 Å². The summed E-state index contributed by atoms with van der Waals surface area (Å²) >= 11 is 0. The molecule has 0 atom stereocenters. The number of nitrogens with zero attached hydrogens (tertiary/aromatic N) is 1. The molecule has 0 fully saturated rings. The first-order valence-corrected chi connectivity index (χ1v) is 11.2. The number of aryl methyl sites for hydroxylation is 2. The highest BCUT2D eigenvalue weighted by Crippen LogP contribution is 2.19. The Labute approximate surface area is 176 Å². The highest BCUT2D eigenvalue weighted by atomic mass is 32.2. The van der Waals surface area contributed by atoms with E-state index in [4.69, 9.17) is 9.26 Å². The molecule has 158 valence electrons. The second-order valence-corrected chi connectivity index (χ2v) is 9.17. The molecule has 0 radical (unpaired) electrons. The van der Waals surface area contributed by atoms with E-state index < -0.39 is 9.84 Å². The number of rotatable bonds is 8. The predicted molar refractivity (Wildman–Crippen MR) is 113 cm³/mol. The van der Waals surface area contributed by atoms with Gasteiger partial charge < -0.3 is 14.6 Å². The molecule has 2 aromatic carbocycles. The van der Waals surface area contributed by atoms with Gasteiger partial charge in [0.05, 0.1) is 28.3 Å². The maximum atomic E-state index is 12.3. The van der Waals surface area contributed by atoms with Gasteiger partial charge in [-0.15, -0.1) is 0 Å². The average molecular weight is 429 g/mol. The number of benzene rings is 2. The van der Waals surface area contributed by atoms with Gasteiger partial charge in [0.2, 0.25) is 5.91 Å². The molecule has 0 aliphatic heterocycles. The number of hydrogen-bond acceptors (Lipinski definition) is 6. The van der Waals surface area contributed by atoms with Gasteiger partial charge >= 0.3 is 0 Å². The second-order valence-electron chi connectivity index (χ2n) is 6.89. The lowest BCUT2D eigenvalue weighted by Crippen LogP contribution is -2.14. The van der Waals surface area contributed by atoms with Crippen LogP contribution in [0.25, 0.3) is 0 Å². The topological polar surface area (TPSA) is 98.5 Å². The van der Waals surface area contributed by atoms with Crippen LogP contribution in [0.4, 0.5) is 5.69 Å². The van der Waals surface area contributed by atoms with E-state index in [1.54, 1.807) is 19.1 Å². The number of nitrogens with one attached hydrogen (secondary N) is 1. The zero-order chi connectivity index (χ0) is 21.7. The molecule has 30 heavy (non-hydrogen) atoms. The van der Waals surface area contributed by atoms with Crippen LogP contribution in [-0.2, 0) is 27.7 Å². The Bertz CT molecular complexity index is 1100. The molecule has 0 spiro atoms. The molecule has 1 amide bonds. The molecule has 1 heterocycles. The molecule has 0 aliphatic carbocycles. The van der Waals surface area contributed by atoms with Gasteiger partial charge in [-0.05, 0) is 55.8 Å².